The van der Waals surface area contributed by atoms with Crippen molar-refractivity contribution < 1.29 is 4.42 Å². The molecular formula is C18H26N8O. The summed E-state index contributed by atoms with van der Waals surface area (Å²) < 4.78 is 5.56. The van der Waals surface area contributed by atoms with E-state index in [1.54, 1.807) is 0 Å². The minimum absolute atomic E-state index is 0.212. The number of fused-ring (bicyclic) bond motifs is 3. The molecule has 1 aromatic rings. The molecule has 0 spiro atoms. The van der Waals surface area contributed by atoms with Gasteiger partial charge in [-0.1, -0.05) is 0 Å². The van der Waals surface area contributed by atoms with Crippen LogP contribution in [-0.4, -0.2) is 43.2 Å². The van der Waals surface area contributed by atoms with Gasteiger partial charge < -0.3 is 37.6 Å². The van der Waals surface area contributed by atoms with Crippen molar-refractivity contribution in [3.63, 3.8) is 0 Å². The second-order valence-electron chi connectivity index (χ2n) is 7.78. The summed E-state index contributed by atoms with van der Waals surface area (Å²) in [5.41, 5.74) is 21.4. The lowest BCUT2D eigenvalue weighted by Gasteiger charge is -2.28. The van der Waals surface area contributed by atoms with Crippen LogP contribution < -0.4 is 33.2 Å². The van der Waals surface area contributed by atoms with Gasteiger partial charge in [-0.25, -0.2) is 4.99 Å². The van der Waals surface area contributed by atoms with Crippen LogP contribution in [0, 0.1) is 11.8 Å². The van der Waals surface area contributed by atoms with E-state index in [1.807, 2.05) is 6.08 Å². The van der Waals surface area contributed by atoms with Gasteiger partial charge in [0.2, 0.25) is 0 Å². The molecule has 0 aromatic carbocycles. The molecule has 27 heavy (non-hydrogen) atoms. The lowest BCUT2D eigenvalue weighted by atomic mass is 9.89. The van der Waals surface area contributed by atoms with Crippen molar-refractivity contribution in [3.05, 3.63) is 28.4 Å². The first-order valence-electron chi connectivity index (χ1n) is 9.58. The Kier molecular flexibility index (Phi) is 3.87. The molecule has 0 amide bonds. The Hall–Kier alpha value is -2.52. The molecule has 2 aliphatic heterocycles. The Morgan fingerprint density at radius 3 is 3.04 bits per heavy atom. The molecule has 2 aliphatic carbocycles. The summed E-state index contributed by atoms with van der Waals surface area (Å²) in [5, 5.41) is 10.2. The van der Waals surface area contributed by atoms with E-state index in [-0.39, 0.29) is 12.1 Å². The molecule has 2 fully saturated rings. The molecule has 9 heteroatoms. The molecule has 1 aromatic heterocycles. The summed E-state index contributed by atoms with van der Waals surface area (Å²) in [7, 11) is 0. The predicted octanol–water partition coefficient (Wildman–Crippen LogP) is -0.587. The highest BCUT2D eigenvalue weighted by molar-refractivity contribution is 6.00. The van der Waals surface area contributed by atoms with Crippen LogP contribution in [0.1, 0.15) is 30.2 Å². The SMILES string of the molecule is NC1=NCNC(NCC2CCNC2)=C1C(N)C1=Cc2nc(N)oc2C2CC12. The van der Waals surface area contributed by atoms with Crippen LogP contribution in [0.2, 0.25) is 0 Å². The van der Waals surface area contributed by atoms with E-state index >= 15 is 0 Å². The van der Waals surface area contributed by atoms with Crippen LogP contribution in [0.15, 0.2) is 26.4 Å². The summed E-state index contributed by atoms with van der Waals surface area (Å²) in [6.07, 6.45) is 4.20. The number of aromatic nitrogens is 1. The molecule has 4 atom stereocenters. The molecular weight excluding hydrogens is 344 g/mol. The Balaban J connectivity index is 1.43. The van der Waals surface area contributed by atoms with E-state index in [2.05, 4.69) is 25.9 Å². The summed E-state index contributed by atoms with van der Waals surface area (Å²) >= 11 is 0. The van der Waals surface area contributed by atoms with Crippen molar-refractivity contribution in [3.8, 4) is 0 Å². The molecule has 9 N–H and O–H groups in total. The molecule has 1 saturated heterocycles. The molecule has 5 rings (SSSR count). The second kappa shape index (κ2) is 6.28. The number of hydrogen-bond acceptors (Lipinski definition) is 9. The predicted molar refractivity (Wildman–Crippen MR) is 103 cm³/mol. The molecule has 9 nitrogen and oxygen atoms in total. The topological polar surface area (TPSA) is 153 Å². The van der Waals surface area contributed by atoms with Gasteiger partial charge in [-0.2, -0.15) is 4.98 Å². The number of nitrogens with two attached hydrogens (primary N) is 3. The fourth-order valence-electron chi connectivity index (χ4n) is 4.46. The van der Waals surface area contributed by atoms with Crippen LogP contribution >= 0.6 is 0 Å². The number of oxazole rings is 1. The van der Waals surface area contributed by atoms with Gasteiger partial charge in [0.15, 0.2) is 0 Å². The molecule has 4 unspecified atom stereocenters. The normalized spacial score (nSPS) is 30.0. The average Bonchev–Trinajstić information content (AvgIpc) is 3.09. The number of anilines is 1. The van der Waals surface area contributed by atoms with Crippen molar-refractivity contribution in [1.29, 1.82) is 0 Å². The van der Waals surface area contributed by atoms with Gasteiger partial charge >= 0.3 is 0 Å². The third kappa shape index (κ3) is 2.87. The van der Waals surface area contributed by atoms with Crippen LogP contribution in [0.4, 0.5) is 6.01 Å². The van der Waals surface area contributed by atoms with E-state index in [9.17, 15) is 0 Å². The van der Waals surface area contributed by atoms with Crippen LogP contribution in [0.5, 0.6) is 0 Å². The van der Waals surface area contributed by atoms with Crippen molar-refractivity contribution in [1.82, 2.24) is 20.9 Å². The van der Waals surface area contributed by atoms with E-state index in [1.165, 1.54) is 6.42 Å². The van der Waals surface area contributed by atoms with Crippen molar-refractivity contribution in [2.24, 2.45) is 28.3 Å². The van der Waals surface area contributed by atoms with E-state index in [0.717, 1.165) is 54.5 Å². The van der Waals surface area contributed by atoms with Gasteiger partial charge in [0.05, 0.1) is 11.6 Å². The Morgan fingerprint density at radius 2 is 2.22 bits per heavy atom. The number of nitrogens with one attached hydrogen (secondary N) is 3. The first-order chi connectivity index (χ1) is 13.1. The van der Waals surface area contributed by atoms with Gasteiger partial charge in [0, 0.05) is 12.5 Å². The molecule has 0 bridgehead atoms. The van der Waals surface area contributed by atoms with Gasteiger partial charge in [0.1, 0.15) is 29.8 Å². The summed E-state index contributed by atoms with van der Waals surface area (Å²) in [6.45, 7) is 3.46. The molecule has 0 radical (unpaired) electrons. The first-order valence-corrected chi connectivity index (χ1v) is 9.58. The third-order valence-corrected chi connectivity index (χ3v) is 6.01. The number of nitrogens with zero attached hydrogens (tertiary/aromatic N) is 2. The van der Waals surface area contributed by atoms with E-state index in [4.69, 9.17) is 21.6 Å². The van der Waals surface area contributed by atoms with Crippen LogP contribution in [-0.2, 0) is 0 Å². The van der Waals surface area contributed by atoms with Gasteiger partial charge in [-0.15, -0.1) is 0 Å². The maximum absolute atomic E-state index is 6.70. The molecule has 4 aliphatic rings. The Morgan fingerprint density at radius 1 is 1.33 bits per heavy atom. The van der Waals surface area contributed by atoms with Gasteiger partial charge in [-0.3, -0.25) is 0 Å². The van der Waals surface area contributed by atoms with Gasteiger partial charge in [-0.05, 0) is 49.4 Å². The standard InChI is InChI=1S/C18H26N8O/c19-14(10-4-12-15(11-3-9(10)11)27-18(21)26-12)13-16(20)24-7-25-17(13)23-6-8-1-2-22-5-8/h4,8-9,11,14,22-23,25H,1-3,5-7,19H2,(H2,20,24)(H2,21,26). The Labute approximate surface area is 157 Å². The van der Waals surface area contributed by atoms with Crippen LogP contribution in [0.25, 0.3) is 6.08 Å². The zero-order valence-electron chi connectivity index (χ0n) is 15.2. The zero-order chi connectivity index (χ0) is 18.5. The maximum atomic E-state index is 6.70. The van der Waals surface area contributed by atoms with Crippen molar-refractivity contribution in [2.75, 3.05) is 32.0 Å². The summed E-state index contributed by atoms with van der Waals surface area (Å²) in [4.78, 5) is 8.65. The number of hydrogen-bond donors (Lipinski definition) is 6. The highest BCUT2D eigenvalue weighted by atomic mass is 16.4. The number of rotatable bonds is 5. The second-order valence-corrected chi connectivity index (χ2v) is 7.78. The summed E-state index contributed by atoms with van der Waals surface area (Å²) in [5.74, 6) is 3.58. The van der Waals surface area contributed by atoms with Crippen LogP contribution in [0.3, 0.4) is 0 Å². The maximum Gasteiger partial charge on any atom is 0.292 e. The zero-order valence-corrected chi connectivity index (χ0v) is 15.2. The molecule has 144 valence electrons. The fourth-order valence-corrected chi connectivity index (χ4v) is 4.46. The number of nitrogen functional groups attached to an aromatic ring is 1. The smallest absolute Gasteiger partial charge is 0.292 e. The van der Waals surface area contributed by atoms with Crippen molar-refractivity contribution >= 4 is 17.9 Å². The number of amidine groups is 1. The minimum Gasteiger partial charge on any atom is -0.428 e. The lowest BCUT2D eigenvalue weighted by Crippen LogP contribution is -2.45. The Bertz CT molecular complexity index is 848. The lowest BCUT2D eigenvalue weighted by molar-refractivity contribution is 0.514. The molecule has 1 saturated carbocycles. The molecule has 3 heterocycles. The highest BCUT2D eigenvalue weighted by Gasteiger charge is 2.49. The third-order valence-electron chi connectivity index (χ3n) is 6.01. The van der Waals surface area contributed by atoms with E-state index < -0.39 is 0 Å². The highest BCUT2D eigenvalue weighted by Crippen LogP contribution is 2.57. The quantitative estimate of drug-likeness (QED) is 0.402. The van der Waals surface area contributed by atoms with Gasteiger partial charge in [0.25, 0.3) is 6.01 Å². The van der Waals surface area contributed by atoms with Crippen molar-refractivity contribution in [2.45, 2.75) is 24.8 Å². The monoisotopic (exact) mass is 370 g/mol. The number of aliphatic imine (C=N–C) groups is 1. The average molecular weight is 370 g/mol. The summed E-state index contributed by atoms with van der Waals surface area (Å²) in [6, 6.07) is -0.129. The fraction of sp³-hybridized carbons (Fsp3) is 0.556. The first kappa shape index (κ1) is 16.6. The van der Waals surface area contributed by atoms with E-state index in [0.29, 0.717) is 30.3 Å². The largest absolute Gasteiger partial charge is 0.428 e. The minimum atomic E-state index is -0.341.